The fraction of sp³-hybridized carbons (Fsp3) is 0.533. The Balaban J connectivity index is 1.59. The lowest BCUT2D eigenvalue weighted by atomic mass is 9.81. The number of fused-ring (bicyclic) bond motifs is 1. The van der Waals surface area contributed by atoms with E-state index in [0.717, 1.165) is 78.9 Å². The monoisotopic (exact) mass is 520 g/mol. The first kappa shape index (κ1) is 27.6. The molecular weight excluding hydrogens is 480 g/mol. The van der Waals surface area contributed by atoms with Gasteiger partial charge in [-0.05, 0) is 57.9 Å². The number of hydrogen-bond acceptors (Lipinski definition) is 6. The number of nitrogens with one attached hydrogen (secondary N) is 1. The van der Waals surface area contributed by atoms with Crippen molar-refractivity contribution in [2.24, 2.45) is 5.92 Å². The summed E-state index contributed by atoms with van der Waals surface area (Å²) >= 11 is 0. The molecule has 1 aromatic carbocycles. The predicted octanol–water partition coefficient (Wildman–Crippen LogP) is 5.40. The Bertz CT molecular complexity index is 1280. The molecule has 38 heavy (non-hydrogen) atoms. The van der Waals surface area contributed by atoms with Crippen molar-refractivity contribution in [3.05, 3.63) is 47.7 Å². The van der Waals surface area contributed by atoms with Crippen LogP contribution in [0.25, 0.3) is 16.8 Å². The van der Waals surface area contributed by atoms with Crippen molar-refractivity contribution in [1.29, 1.82) is 0 Å². The average Bonchev–Trinajstić information content (AvgIpc) is 3.29. The van der Waals surface area contributed by atoms with Gasteiger partial charge in [0.2, 0.25) is 5.91 Å². The number of methoxy groups -OCH3 is 1. The van der Waals surface area contributed by atoms with Gasteiger partial charge in [-0.25, -0.2) is 4.98 Å². The fourth-order valence-electron chi connectivity index (χ4n) is 5.55. The summed E-state index contributed by atoms with van der Waals surface area (Å²) in [6, 6.07) is 5.90. The summed E-state index contributed by atoms with van der Waals surface area (Å²) in [5.74, 6) is 2.33. The van der Waals surface area contributed by atoms with Gasteiger partial charge in [-0.1, -0.05) is 25.5 Å². The number of aromatic nitrogens is 3. The number of carbonyl (C=O) groups excluding carboxylic acids is 2. The van der Waals surface area contributed by atoms with Crippen LogP contribution in [0.2, 0.25) is 0 Å². The number of aryl methyl sites for hydroxylation is 1. The number of hydrogen-bond donors (Lipinski definition) is 1. The van der Waals surface area contributed by atoms with Crippen LogP contribution in [-0.2, 0) is 20.7 Å². The first-order valence-corrected chi connectivity index (χ1v) is 13.7. The van der Waals surface area contributed by atoms with Crippen molar-refractivity contribution >= 4 is 17.4 Å². The minimum Gasteiger partial charge on any atom is -0.496 e. The zero-order valence-electron chi connectivity index (χ0n) is 23.3. The van der Waals surface area contributed by atoms with Gasteiger partial charge in [0.05, 0.1) is 36.5 Å². The van der Waals surface area contributed by atoms with Crippen molar-refractivity contribution in [1.82, 2.24) is 19.7 Å². The maximum atomic E-state index is 12.5. The molecule has 1 fully saturated rings. The largest absolute Gasteiger partial charge is 0.496 e. The van der Waals surface area contributed by atoms with Gasteiger partial charge in [-0.2, -0.15) is 0 Å². The predicted molar refractivity (Wildman–Crippen MR) is 147 cm³/mol. The Morgan fingerprint density at radius 2 is 1.97 bits per heavy atom. The third kappa shape index (κ3) is 6.34. The third-order valence-corrected chi connectivity index (χ3v) is 7.54. The van der Waals surface area contributed by atoms with E-state index in [9.17, 15) is 9.59 Å². The molecular formula is C30H40N4O4. The van der Waals surface area contributed by atoms with Crippen molar-refractivity contribution in [3.63, 3.8) is 0 Å². The molecule has 4 rings (SSSR count). The maximum Gasteiger partial charge on any atom is 0.310 e. The summed E-state index contributed by atoms with van der Waals surface area (Å²) < 4.78 is 13.4. The van der Waals surface area contributed by atoms with Gasteiger partial charge < -0.3 is 14.8 Å². The van der Waals surface area contributed by atoms with E-state index in [1.54, 1.807) is 14.0 Å². The van der Waals surface area contributed by atoms with Crippen LogP contribution in [0.5, 0.6) is 5.75 Å². The van der Waals surface area contributed by atoms with Crippen molar-refractivity contribution in [2.75, 3.05) is 13.7 Å². The quantitative estimate of drug-likeness (QED) is 0.360. The molecule has 8 nitrogen and oxygen atoms in total. The zero-order valence-corrected chi connectivity index (χ0v) is 23.3. The van der Waals surface area contributed by atoms with Crippen LogP contribution < -0.4 is 10.1 Å². The van der Waals surface area contributed by atoms with Gasteiger partial charge in [0.1, 0.15) is 11.6 Å². The van der Waals surface area contributed by atoms with Crippen molar-refractivity contribution in [3.8, 4) is 17.0 Å². The summed E-state index contributed by atoms with van der Waals surface area (Å²) in [5.41, 5.74) is 4.50. The summed E-state index contributed by atoms with van der Waals surface area (Å²) in [6.07, 6.45) is 9.91. The number of esters is 1. The molecule has 0 radical (unpaired) electrons. The lowest BCUT2D eigenvalue weighted by Gasteiger charge is -2.27. The minimum absolute atomic E-state index is 0.0309. The summed E-state index contributed by atoms with van der Waals surface area (Å²) in [5, 5.41) is 2.97. The molecule has 1 N–H and O–H groups in total. The molecule has 2 heterocycles. The minimum atomic E-state index is -0.249. The van der Waals surface area contributed by atoms with Gasteiger partial charge in [-0.3, -0.25) is 19.0 Å². The van der Waals surface area contributed by atoms with Crippen LogP contribution in [-0.4, -0.2) is 46.0 Å². The first-order valence-electron chi connectivity index (χ1n) is 13.7. The molecule has 1 atom stereocenters. The van der Waals surface area contributed by atoms with E-state index in [0.29, 0.717) is 17.6 Å². The highest BCUT2D eigenvalue weighted by Gasteiger charge is 2.28. The summed E-state index contributed by atoms with van der Waals surface area (Å²) in [7, 11) is 1.62. The number of ether oxygens (including phenoxy) is 2. The number of imidazole rings is 1. The van der Waals surface area contributed by atoms with Crippen LogP contribution in [0, 0.1) is 12.8 Å². The first-order chi connectivity index (χ1) is 18.3. The molecule has 0 unspecified atom stereocenters. The van der Waals surface area contributed by atoms with E-state index >= 15 is 0 Å². The Kier molecular flexibility index (Phi) is 9.02. The molecule has 8 heteroatoms. The van der Waals surface area contributed by atoms with E-state index in [4.69, 9.17) is 14.5 Å². The van der Waals surface area contributed by atoms with Crippen molar-refractivity contribution in [2.45, 2.75) is 84.7 Å². The second-order valence-electron chi connectivity index (χ2n) is 10.5. The molecule has 204 valence electrons. The van der Waals surface area contributed by atoms with Gasteiger partial charge in [-0.15, -0.1) is 0 Å². The molecule has 1 aliphatic carbocycles. The highest BCUT2D eigenvalue weighted by Crippen LogP contribution is 2.38. The normalized spacial score (nSPS) is 18.2. The molecule has 0 spiro atoms. The number of benzene rings is 1. The van der Waals surface area contributed by atoms with Crippen molar-refractivity contribution < 1.29 is 19.1 Å². The Labute approximate surface area is 225 Å². The van der Waals surface area contributed by atoms with Crippen LogP contribution in [0.15, 0.2) is 30.6 Å². The lowest BCUT2D eigenvalue weighted by molar-refractivity contribution is -0.147. The van der Waals surface area contributed by atoms with E-state index in [1.165, 1.54) is 0 Å². The topological polar surface area (TPSA) is 94.8 Å². The second kappa shape index (κ2) is 12.4. The number of carbonyl (C=O) groups is 2. The van der Waals surface area contributed by atoms with Gasteiger partial charge in [0.25, 0.3) is 0 Å². The van der Waals surface area contributed by atoms with E-state index in [1.807, 2.05) is 44.4 Å². The average molecular weight is 521 g/mol. The molecule has 1 saturated carbocycles. The fourth-order valence-corrected chi connectivity index (χ4v) is 5.55. The van der Waals surface area contributed by atoms with Gasteiger partial charge in [0, 0.05) is 42.9 Å². The Morgan fingerprint density at radius 1 is 1.21 bits per heavy atom. The maximum absolute atomic E-state index is 12.5. The molecule has 0 saturated heterocycles. The Morgan fingerprint density at radius 3 is 2.66 bits per heavy atom. The Hall–Kier alpha value is -3.42. The third-order valence-electron chi connectivity index (χ3n) is 7.54. The molecule has 3 aromatic rings. The molecule has 1 aliphatic rings. The van der Waals surface area contributed by atoms with E-state index < -0.39 is 0 Å². The van der Waals surface area contributed by atoms with Gasteiger partial charge >= 0.3 is 5.97 Å². The SMILES string of the molecule is CCC[C@H](C)OC(=O)Cc1ccc(-c2nc(C3CCC(CNC(C)=O)CC3)n3ccnc(C)c23)cc1OC. The summed E-state index contributed by atoms with van der Waals surface area (Å²) in [6.45, 7) is 8.33. The van der Waals surface area contributed by atoms with E-state index in [2.05, 4.69) is 21.6 Å². The lowest BCUT2D eigenvalue weighted by Crippen LogP contribution is -2.29. The number of nitrogens with zero attached hydrogens (tertiary/aromatic N) is 3. The molecule has 2 aromatic heterocycles. The summed E-state index contributed by atoms with van der Waals surface area (Å²) in [4.78, 5) is 33.5. The van der Waals surface area contributed by atoms with Gasteiger partial charge in [0.15, 0.2) is 0 Å². The van der Waals surface area contributed by atoms with Crippen LogP contribution in [0.1, 0.15) is 82.3 Å². The van der Waals surface area contributed by atoms with Crippen LogP contribution >= 0.6 is 0 Å². The number of rotatable bonds is 10. The molecule has 0 bridgehead atoms. The highest BCUT2D eigenvalue weighted by molar-refractivity contribution is 5.81. The van der Waals surface area contributed by atoms with Crippen LogP contribution in [0.3, 0.4) is 0 Å². The number of amides is 1. The smallest absolute Gasteiger partial charge is 0.310 e. The van der Waals surface area contributed by atoms with E-state index in [-0.39, 0.29) is 24.4 Å². The standard InChI is InChI=1S/C30H40N4O4/c1-6-7-19(2)38-27(36)17-24-12-13-25(16-26(24)37-5)28-29-20(3)31-14-15-34(29)30(33-28)23-10-8-22(9-11-23)18-32-21(4)35/h12-16,19,22-23H,6-11,17-18H2,1-5H3,(H,32,35)/t19-,22?,23?/m0/s1. The highest BCUT2D eigenvalue weighted by atomic mass is 16.5. The second-order valence-corrected chi connectivity index (χ2v) is 10.5. The molecule has 0 aliphatic heterocycles. The molecule has 1 amide bonds. The zero-order chi connectivity index (χ0) is 27.2. The van der Waals surface area contributed by atoms with Crippen LogP contribution in [0.4, 0.5) is 0 Å².